The number of hydrogen-bond donors (Lipinski definition) is 0. The van der Waals surface area contributed by atoms with Crippen LogP contribution in [0.4, 0.5) is 0 Å². The minimum absolute atomic E-state index is 0.139. The van der Waals surface area contributed by atoms with Crippen LogP contribution >= 0.6 is 11.8 Å². The van der Waals surface area contributed by atoms with Gasteiger partial charge in [0.15, 0.2) is 0 Å². The Bertz CT molecular complexity index is 160. The number of carbonyl (C=O) groups is 1. The molecule has 0 aromatic rings. The molecule has 0 aromatic heterocycles. The third-order valence-corrected chi connectivity index (χ3v) is 2.36. The van der Waals surface area contributed by atoms with Crippen molar-refractivity contribution in [2.24, 2.45) is 0 Å². The van der Waals surface area contributed by atoms with Gasteiger partial charge in [-0.1, -0.05) is 0 Å². The Morgan fingerprint density at radius 3 is 2.92 bits per heavy atom. The molecule has 0 bridgehead atoms. The first kappa shape index (κ1) is 11.4. The van der Waals surface area contributed by atoms with Crippen LogP contribution in [-0.2, 0) is 9.53 Å². The molecule has 68 valence electrons. The molecule has 0 N–H and O–H groups in total. The van der Waals surface area contributed by atoms with E-state index in [-0.39, 0.29) is 5.97 Å². The van der Waals surface area contributed by atoms with Crippen molar-refractivity contribution < 1.29 is 9.53 Å². The fourth-order valence-corrected chi connectivity index (χ4v) is 1.50. The van der Waals surface area contributed by atoms with Crippen molar-refractivity contribution in [1.82, 2.24) is 0 Å². The predicted molar refractivity (Wildman–Crippen MR) is 52.0 cm³/mol. The second kappa shape index (κ2) is 8.48. The quantitative estimate of drug-likeness (QED) is 0.359. The Hall–Kier alpha value is -0.620. The summed E-state index contributed by atoms with van der Waals surface area (Å²) in [5.74, 6) is 4.29. The Balaban J connectivity index is 3.01. The Kier molecular flexibility index (Phi) is 8.04. The van der Waals surface area contributed by atoms with E-state index in [9.17, 15) is 4.79 Å². The van der Waals surface area contributed by atoms with Crippen LogP contribution < -0.4 is 0 Å². The van der Waals surface area contributed by atoms with Crippen LogP contribution in [0.3, 0.4) is 0 Å². The highest BCUT2D eigenvalue weighted by atomic mass is 32.2. The van der Waals surface area contributed by atoms with Gasteiger partial charge in [-0.3, -0.25) is 4.79 Å². The summed E-state index contributed by atoms with van der Waals surface area (Å²) < 4.78 is 4.49. The number of rotatable bonds is 6. The van der Waals surface area contributed by atoms with Crippen molar-refractivity contribution in [1.29, 1.82) is 0 Å². The summed E-state index contributed by atoms with van der Waals surface area (Å²) in [5.41, 5.74) is 0. The standard InChI is InChI=1S/C9H14O2S/c1-3-4-5-7-12-8-6-9(10)11-2/h1H,4-8H2,2H3. The highest BCUT2D eigenvalue weighted by molar-refractivity contribution is 7.99. The number of esters is 1. The Labute approximate surface area is 78.1 Å². The molecule has 0 rings (SSSR count). The minimum atomic E-state index is -0.139. The second-order valence-corrected chi connectivity index (χ2v) is 3.47. The maximum Gasteiger partial charge on any atom is 0.306 e. The van der Waals surface area contributed by atoms with Crippen molar-refractivity contribution >= 4 is 17.7 Å². The maximum absolute atomic E-state index is 10.6. The molecular formula is C9H14O2S. The number of ether oxygens (including phenoxy) is 1. The van der Waals surface area contributed by atoms with E-state index in [0.717, 1.165) is 24.3 Å². The minimum Gasteiger partial charge on any atom is -0.469 e. The zero-order valence-electron chi connectivity index (χ0n) is 7.34. The van der Waals surface area contributed by atoms with E-state index in [0.29, 0.717) is 6.42 Å². The number of methoxy groups -OCH3 is 1. The van der Waals surface area contributed by atoms with Crippen LogP contribution in [0.15, 0.2) is 0 Å². The van der Waals surface area contributed by atoms with E-state index < -0.39 is 0 Å². The number of unbranched alkanes of at least 4 members (excludes halogenated alkanes) is 1. The van der Waals surface area contributed by atoms with Crippen LogP contribution in [0, 0.1) is 12.3 Å². The lowest BCUT2D eigenvalue weighted by molar-refractivity contribution is -0.140. The average molecular weight is 186 g/mol. The molecule has 0 unspecified atom stereocenters. The van der Waals surface area contributed by atoms with E-state index in [1.165, 1.54) is 7.11 Å². The monoisotopic (exact) mass is 186 g/mol. The number of terminal acetylenes is 1. The summed E-state index contributed by atoms with van der Waals surface area (Å²) in [4.78, 5) is 10.6. The SMILES string of the molecule is C#CCCCSCCC(=O)OC. The zero-order valence-corrected chi connectivity index (χ0v) is 8.15. The van der Waals surface area contributed by atoms with E-state index in [1.54, 1.807) is 11.8 Å². The van der Waals surface area contributed by atoms with Gasteiger partial charge in [0.1, 0.15) is 0 Å². The van der Waals surface area contributed by atoms with Gasteiger partial charge in [-0.25, -0.2) is 0 Å². The van der Waals surface area contributed by atoms with Gasteiger partial charge in [0.25, 0.3) is 0 Å². The lowest BCUT2D eigenvalue weighted by atomic mass is 10.4. The lowest BCUT2D eigenvalue weighted by Gasteiger charge is -1.98. The van der Waals surface area contributed by atoms with Crippen LogP contribution in [0.1, 0.15) is 19.3 Å². The smallest absolute Gasteiger partial charge is 0.306 e. The van der Waals surface area contributed by atoms with Crippen molar-refractivity contribution in [2.45, 2.75) is 19.3 Å². The molecule has 0 aliphatic rings. The summed E-state index contributed by atoms with van der Waals surface area (Å²) in [6.07, 6.45) is 7.43. The van der Waals surface area contributed by atoms with Crippen molar-refractivity contribution in [3.63, 3.8) is 0 Å². The first-order chi connectivity index (χ1) is 5.81. The molecule has 0 spiro atoms. The molecule has 0 aromatic carbocycles. The summed E-state index contributed by atoms with van der Waals surface area (Å²) >= 11 is 1.74. The first-order valence-corrected chi connectivity index (χ1v) is 5.04. The molecule has 0 saturated carbocycles. The molecule has 12 heavy (non-hydrogen) atoms. The molecule has 0 radical (unpaired) electrons. The topological polar surface area (TPSA) is 26.3 Å². The van der Waals surface area contributed by atoms with Gasteiger partial charge in [0.05, 0.1) is 13.5 Å². The molecule has 0 heterocycles. The molecule has 0 fully saturated rings. The van der Waals surface area contributed by atoms with Crippen LogP contribution in [0.2, 0.25) is 0 Å². The molecular weight excluding hydrogens is 172 g/mol. The summed E-state index contributed by atoms with van der Waals surface area (Å²) in [6, 6.07) is 0. The third kappa shape index (κ3) is 7.49. The molecule has 0 aliphatic heterocycles. The van der Waals surface area contributed by atoms with E-state index in [2.05, 4.69) is 10.7 Å². The molecule has 2 nitrogen and oxygen atoms in total. The number of thioether (sulfide) groups is 1. The number of hydrogen-bond acceptors (Lipinski definition) is 3. The van der Waals surface area contributed by atoms with E-state index in [4.69, 9.17) is 6.42 Å². The lowest BCUT2D eigenvalue weighted by Crippen LogP contribution is -2.01. The van der Waals surface area contributed by atoms with Crippen molar-refractivity contribution in [3.8, 4) is 12.3 Å². The van der Waals surface area contributed by atoms with Gasteiger partial charge >= 0.3 is 5.97 Å². The maximum atomic E-state index is 10.6. The van der Waals surface area contributed by atoms with Crippen molar-refractivity contribution in [2.75, 3.05) is 18.6 Å². The van der Waals surface area contributed by atoms with Gasteiger partial charge < -0.3 is 4.74 Å². The molecule has 0 saturated heterocycles. The van der Waals surface area contributed by atoms with Gasteiger partial charge in [0.2, 0.25) is 0 Å². The van der Waals surface area contributed by atoms with Gasteiger partial charge in [0, 0.05) is 12.2 Å². The van der Waals surface area contributed by atoms with Crippen LogP contribution in [0.5, 0.6) is 0 Å². The van der Waals surface area contributed by atoms with Gasteiger partial charge in [-0.05, 0) is 12.2 Å². The third-order valence-electron chi connectivity index (χ3n) is 1.29. The van der Waals surface area contributed by atoms with Gasteiger partial charge in [-0.2, -0.15) is 11.8 Å². The van der Waals surface area contributed by atoms with Crippen LogP contribution in [-0.4, -0.2) is 24.6 Å². The molecule has 3 heteroatoms. The first-order valence-electron chi connectivity index (χ1n) is 3.89. The van der Waals surface area contributed by atoms with Crippen LogP contribution in [0.25, 0.3) is 0 Å². The molecule has 0 amide bonds. The van der Waals surface area contributed by atoms with E-state index in [1.807, 2.05) is 0 Å². The summed E-state index contributed by atoms with van der Waals surface area (Å²) in [5, 5.41) is 0. The molecule has 0 aliphatic carbocycles. The average Bonchev–Trinajstić information content (AvgIpc) is 2.10. The predicted octanol–water partition coefficient (Wildman–Crippen LogP) is 1.70. The Morgan fingerprint density at radius 1 is 1.58 bits per heavy atom. The second-order valence-electron chi connectivity index (χ2n) is 2.25. The largest absolute Gasteiger partial charge is 0.469 e. The van der Waals surface area contributed by atoms with Gasteiger partial charge in [-0.15, -0.1) is 12.3 Å². The highest BCUT2D eigenvalue weighted by Crippen LogP contribution is 2.06. The fraction of sp³-hybridized carbons (Fsp3) is 0.667. The Morgan fingerprint density at radius 2 is 2.33 bits per heavy atom. The zero-order chi connectivity index (χ0) is 9.23. The number of carbonyl (C=O) groups excluding carboxylic acids is 1. The van der Waals surface area contributed by atoms with E-state index >= 15 is 0 Å². The summed E-state index contributed by atoms with van der Waals surface area (Å²) in [6.45, 7) is 0. The summed E-state index contributed by atoms with van der Waals surface area (Å²) in [7, 11) is 1.41. The normalized spacial score (nSPS) is 9.00. The van der Waals surface area contributed by atoms with Crippen molar-refractivity contribution in [3.05, 3.63) is 0 Å². The highest BCUT2D eigenvalue weighted by Gasteiger charge is 1.98. The molecule has 0 atom stereocenters. The fourth-order valence-electron chi connectivity index (χ4n) is 0.636.